The molecule has 0 atom stereocenters. The lowest BCUT2D eigenvalue weighted by atomic mass is 10.2. The van der Waals surface area contributed by atoms with E-state index in [0.29, 0.717) is 9.70 Å². The number of non-ortho nitro benzene ring substituents is 1. The van der Waals surface area contributed by atoms with Gasteiger partial charge in [0.25, 0.3) is 11.2 Å². The molecule has 1 heterocycles. The summed E-state index contributed by atoms with van der Waals surface area (Å²) >= 11 is 11.7. The standard InChI is InChI=1S/C17H9Cl2F3N4O3/c18-9-1-6-14(13(19)7-9)23-8-12-15(17(20,21)22)24-25(16(12)27)10-2-4-11(5-3-10)26(28)29/h1-8,24H. The Labute approximate surface area is 170 Å². The molecule has 29 heavy (non-hydrogen) atoms. The van der Waals surface area contributed by atoms with Crippen LogP contribution in [0.25, 0.3) is 5.69 Å². The summed E-state index contributed by atoms with van der Waals surface area (Å²) in [4.78, 5) is 26.5. The molecule has 0 radical (unpaired) electrons. The van der Waals surface area contributed by atoms with E-state index < -0.39 is 27.9 Å². The topological polar surface area (TPSA) is 93.3 Å². The molecular weight excluding hydrogens is 436 g/mol. The molecule has 0 saturated carbocycles. The van der Waals surface area contributed by atoms with Crippen LogP contribution in [0.4, 0.5) is 24.5 Å². The zero-order valence-electron chi connectivity index (χ0n) is 14.1. The second-order valence-corrected chi connectivity index (χ2v) is 6.51. The van der Waals surface area contributed by atoms with Crippen molar-refractivity contribution >= 4 is 40.8 Å². The van der Waals surface area contributed by atoms with Crippen LogP contribution >= 0.6 is 23.2 Å². The molecule has 0 aliphatic heterocycles. The number of hydrogen-bond acceptors (Lipinski definition) is 4. The van der Waals surface area contributed by atoms with Crippen LogP contribution in [0, 0.1) is 10.1 Å². The number of nitro groups is 1. The van der Waals surface area contributed by atoms with E-state index in [-0.39, 0.29) is 22.1 Å². The van der Waals surface area contributed by atoms with Gasteiger partial charge in [-0.15, -0.1) is 0 Å². The molecule has 3 rings (SSSR count). The van der Waals surface area contributed by atoms with Gasteiger partial charge in [-0.3, -0.25) is 25.0 Å². The van der Waals surface area contributed by atoms with Crippen LogP contribution in [-0.2, 0) is 6.18 Å². The largest absolute Gasteiger partial charge is 0.433 e. The van der Waals surface area contributed by atoms with E-state index in [0.717, 1.165) is 30.5 Å². The number of H-pyrrole nitrogens is 1. The summed E-state index contributed by atoms with van der Waals surface area (Å²) in [5.74, 6) is 0. The molecule has 0 unspecified atom stereocenters. The van der Waals surface area contributed by atoms with Gasteiger partial charge >= 0.3 is 6.18 Å². The molecule has 12 heteroatoms. The van der Waals surface area contributed by atoms with Crippen molar-refractivity contribution in [2.45, 2.75) is 6.18 Å². The first-order valence-electron chi connectivity index (χ1n) is 7.74. The number of hydrogen-bond donors (Lipinski definition) is 1. The highest BCUT2D eigenvalue weighted by Crippen LogP contribution is 2.31. The minimum absolute atomic E-state index is 0.0183. The minimum Gasteiger partial charge on any atom is -0.286 e. The molecule has 0 fully saturated rings. The Hall–Kier alpha value is -3.11. The van der Waals surface area contributed by atoms with Crippen molar-refractivity contribution in [1.82, 2.24) is 9.78 Å². The van der Waals surface area contributed by atoms with Gasteiger partial charge in [0, 0.05) is 23.4 Å². The van der Waals surface area contributed by atoms with Crippen LogP contribution in [0.3, 0.4) is 0 Å². The lowest BCUT2D eigenvalue weighted by Crippen LogP contribution is -2.17. The van der Waals surface area contributed by atoms with Crippen molar-refractivity contribution in [3.05, 3.63) is 84.2 Å². The second kappa shape index (κ2) is 7.72. The predicted octanol–water partition coefficient (Wildman–Crippen LogP) is 5.15. The highest BCUT2D eigenvalue weighted by atomic mass is 35.5. The summed E-state index contributed by atoms with van der Waals surface area (Å²) in [5.41, 5.74) is -3.29. The quantitative estimate of drug-likeness (QED) is 0.342. The van der Waals surface area contributed by atoms with Gasteiger partial charge in [-0.25, -0.2) is 4.68 Å². The van der Waals surface area contributed by atoms with Gasteiger partial charge in [0.15, 0.2) is 5.69 Å². The van der Waals surface area contributed by atoms with Crippen molar-refractivity contribution in [2.24, 2.45) is 4.99 Å². The predicted molar refractivity (Wildman–Crippen MR) is 102 cm³/mol. The maximum absolute atomic E-state index is 13.4. The van der Waals surface area contributed by atoms with E-state index in [9.17, 15) is 28.1 Å². The zero-order valence-corrected chi connectivity index (χ0v) is 15.6. The second-order valence-electron chi connectivity index (χ2n) is 5.67. The van der Waals surface area contributed by atoms with Gasteiger partial charge in [0.1, 0.15) is 0 Å². The average Bonchev–Trinajstić information content (AvgIpc) is 2.98. The lowest BCUT2D eigenvalue weighted by Gasteiger charge is -2.05. The van der Waals surface area contributed by atoms with Gasteiger partial charge in [-0.2, -0.15) is 13.2 Å². The molecule has 0 saturated heterocycles. The number of benzene rings is 2. The Morgan fingerprint density at radius 2 is 1.79 bits per heavy atom. The van der Waals surface area contributed by atoms with Crippen LogP contribution in [0.1, 0.15) is 11.3 Å². The van der Waals surface area contributed by atoms with Crippen molar-refractivity contribution in [3.8, 4) is 5.69 Å². The first kappa shape index (κ1) is 20.6. The maximum atomic E-state index is 13.4. The van der Waals surface area contributed by atoms with E-state index in [2.05, 4.69) is 4.99 Å². The first-order chi connectivity index (χ1) is 13.6. The number of alkyl halides is 3. The Morgan fingerprint density at radius 1 is 1.14 bits per heavy atom. The monoisotopic (exact) mass is 444 g/mol. The molecular formula is C17H9Cl2F3N4O3. The van der Waals surface area contributed by atoms with Crippen molar-refractivity contribution < 1.29 is 18.1 Å². The Kier molecular flexibility index (Phi) is 5.49. The number of nitro benzene ring substituents is 1. The summed E-state index contributed by atoms with van der Waals surface area (Å²) < 4.78 is 40.8. The molecule has 150 valence electrons. The average molecular weight is 445 g/mol. The Balaban J connectivity index is 2.10. The van der Waals surface area contributed by atoms with Crippen LogP contribution in [0.2, 0.25) is 10.0 Å². The molecule has 3 aromatic rings. The van der Waals surface area contributed by atoms with E-state index in [1.165, 1.54) is 18.2 Å². The van der Waals surface area contributed by atoms with E-state index in [4.69, 9.17) is 23.2 Å². The zero-order chi connectivity index (χ0) is 21.3. The molecule has 2 aromatic carbocycles. The summed E-state index contributed by atoms with van der Waals surface area (Å²) in [6.07, 6.45) is -4.13. The molecule has 0 aliphatic rings. The normalized spacial score (nSPS) is 11.9. The SMILES string of the molecule is O=c1c(C=Nc2ccc(Cl)cc2Cl)c(C(F)(F)F)[nH]n1-c1ccc([N+](=O)[O-])cc1. The van der Waals surface area contributed by atoms with Gasteiger partial charge in [0.05, 0.1) is 26.9 Å². The summed E-state index contributed by atoms with van der Waals surface area (Å²) in [6, 6.07) is 8.61. The third-order valence-electron chi connectivity index (χ3n) is 3.77. The number of aromatic amines is 1. The third kappa shape index (κ3) is 4.33. The van der Waals surface area contributed by atoms with Crippen molar-refractivity contribution in [2.75, 3.05) is 0 Å². The number of nitrogens with zero attached hydrogens (tertiary/aromatic N) is 3. The van der Waals surface area contributed by atoms with E-state index in [1.54, 1.807) is 0 Å². The van der Waals surface area contributed by atoms with Crippen LogP contribution in [0.15, 0.2) is 52.3 Å². The maximum Gasteiger partial charge on any atom is 0.433 e. The number of rotatable bonds is 4. The summed E-state index contributed by atoms with van der Waals surface area (Å²) in [5, 5.41) is 13.1. The molecule has 0 amide bonds. The molecule has 0 bridgehead atoms. The van der Waals surface area contributed by atoms with Gasteiger partial charge < -0.3 is 0 Å². The summed E-state index contributed by atoms with van der Waals surface area (Å²) in [6.45, 7) is 0. The fraction of sp³-hybridized carbons (Fsp3) is 0.0588. The van der Waals surface area contributed by atoms with E-state index in [1.807, 2.05) is 5.10 Å². The fourth-order valence-electron chi connectivity index (χ4n) is 2.41. The summed E-state index contributed by atoms with van der Waals surface area (Å²) in [7, 11) is 0. The van der Waals surface area contributed by atoms with Crippen LogP contribution in [-0.4, -0.2) is 20.9 Å². The van der Waals surface area contributed by atoms with Crippen molar-refractivity contribution in [1.29, 1.82) is 0 Å². The van der Waals surface area contributed by atoms with Crippen molar-refractivity contribution in [3.63, 3.8) is 0 Å². The fourth-order valence-corrected chi connectivity index (χ4v) is 2.87. The Morgan fingerprint density at radius 3 is 2.34 bits per heavy atom. The number of aliphatic imine (C=N–C) groups is 1. The number of halogens is 5. The number of aromatic nitrogens is 2. The minimum atomic E-state index is -4.88. The first-order valence-corrected chi connectivity index (χ1v) is 8.49. The highest BCUT2D eigenvalue weighted by Gasteiger charge is 2.37. The van der Waals surface area contributed by atoms with Gasteiger partial charge in [-0.1, -0.05) is 23.2 Å². The Bertz CT molecular complexity index is 1170. The smallest absolute Gasteiger partial charge is 0.286 e. The van der Waals surface area contributed by atoms with Crippen LogP contribution in [0.5, 0.6) is 0 Å². The number of nitrogens with one attached hydrogen (secondary N) is 1. The van der Waals surface area contributed by atoms with Crippen LogP contribution < -0.4 is 5.56 Å². The molecule has 1 aromatic heterocycles. The molecule has 7 nitrogen and oxygen atoms in total. The molecule has 0 spiro atoms. The molecule has 0 aliphatic carbocycles. The van der Waals surface area contributed by atoms with Gasteiger partial charge in [-0.05, 0) is 30.3 Å². The lowest BCUT2D eigenvalue weighted by molar-refractivity contribution is -0.384. The molecule has 1 N–H and O–H groups in total. The highest BCUT2D eigenvalue weighted by molar-refractivity contribution is 6.36. The van der Waals surface area contributed by atoms with E-state index >= 15 is 0 Å². The van der Waals surface area contributed by atoms with Gasteiger partial charge in [0.2, 0.25) is 0 Å². The third-order valence-corrected chi connectivity index (χ3v) is 4.31.